The van der Waals surface area contributed by atoms with Gasteiger partial charge in [-0.05, 0) is 12.8 Å². The molecule has 0 rings (SSSR count). The normalized spacial score (nSPS) is 13.8. The standard InChI is InChI=1S/C12H26O4S/c1-3-5-6-7-8-9-10-11-16-12(4-2)17(13,14)15/h12H,3-11H2,1-2H3,(H,13,14,15). The van der Waals surface area contributed by atoms with Gasteiger partial charge in [0, 0.05) is 6.61 Å². The van der Waals surface area contributed by atoms with Crippen LogP contribution in [0.25, 0.3) is 0 Å². The first kappa shape index (κ1) is 16.9. The molecule has 0 aliphatic carbocycles. The molecule has 0 aromatic rings. The monoisotopic (exact) mass is 266 g/mol. The summed E-state index contributed by atoms with van der Waals surface area (Å²) < 4.78 is 35.6. The zero-order valence-electron chi connectivity index (χ0n) is 11.0. The molecular formula is C12H26O4S. The zero-order valence-corrected chi connectivity index (χ0v) is 11.8. The van der Waals surface area contributed by atoms with E-state index in [1.807, 2.05) is 0 Å². The molecule has 0 aliphatic rings. The molecule has 17 heavy (non-hydrogen) atoms. The van der Waals surface area contributed by atoms with Crippen LogP contribution in [-0.4, -0.2) is 25.0 Å². The van der Waals surface area contributed by atoms with E-state index in [4.69, 9.17) is 9.29 Å². The van der Waals surface area contributed by atoms with Crippen molar-refractivity contribution < 1.29 is 17.7 Å². The Labute approximate surface area is 105 Å². The van der Waals surface area contributed by atoms with Gasteiger partial charge in [0.2, 0.25) is 0 Å². The fourth-order valence-electron chi connectivity index (χ4n) is 1.69. The molecule has 0 spiro atoms. The van der Waals surface area contributed by atoms with Gasteiger partial charge >= 0.3 is 0 Å². The van der Waals surface area contributed by atoms with E-state index in [9.17, 15) is 8.42 Å². The van der Waals surface area contributed by atoms with E-state index < -0.39 is 15.6 Å². The minimum absolute atomic E-state index is 0.287. The average Bonchev–Trinajstić information content (AvgIpc) is 2.25. The Morgan fingerprint density at radius 2 is 1.53 bits per heavy atom. The molecule has 5 heteroatoms. The number of unbranched alkanes of at least 4 members (excludes halogenated alkanes) is 6. The molecule has 0 amide bonds. The summed E-state index contributed by atoms with van der Waals surface area (Å²) >= 11 is 0. The topological polar surface area (TPSA) is 63.6 Å². The summed E-state index contributed by atoms with van der Waals surface area (Å²) in [5.41, 5.74) is -1.05. The van der Waals surface area contributed by atoms with Crippen molar-refractivity contribution in [3.63, 3.8) is 0 Å². The summed E-state index contributed by atoms with van der Waals surface area (Å²) in [6, 6.07) is 0. The molecule has 0 heterocycles. The van der Waals surface area contributed by atoms with E-state index in [1.54, 1.807) is 6.92 Å². The highest BCUT2D eigenvalue weighted by Gasteiger charge is 2.20. The van der Waals surface area contributed by atoms with Gasteiger partial charge in [0.1, 0.15) is 0 Å². The van der Waals surface area contributed by atoms with Crippen molar-refractivity contribution in [3.8, 4) is 0 Å². The van der Waals surface area contributed by atoms with Crippen molar-refractivity contribution in [1.82, 2.24) is 0 Å². The number of hydrogen-bond donors (Lipinski definition) is 1. The van der Waals surface area contributed by atoms with Gasteiger partial charge in [-0.1, -0.05) is 52.4 Å². The van der Waals surface area contributed by atoms with Gasteiger partial charge in [-0.25, -0.2) is 0 Å². The summed E-state index contributed by atoms with van der Waals surface area (Å²) in [4.78, 5) is 0. The minimum atomic E-state index is -4.04. The van der Waals surface area contributed by atoms with Gasteiger partial charge in [-0.15, -0.1) is 0 Å². The van der Waals surface area contributed by atoms with Crippen LogP contribution in [0.4, 0.5) is 0 Å². The highest BCUT2D eigenvalue weighted by atomic mass is 32.2. The Balaban J connectivity index is 3.44. The third-order valence-electron chi connectivity index (χ3n) is 2.72. The first-order valence-corrected chi connectivity index (χ1v) is 8.10. The Bertz CT molecular complexity index is 262. The van der Waals surface area contributed by atoms with Gasteiger partial charge < -0.3 is 4.74 Å². The van der Waals surface area contributed by atoms with Crippen LogP contribution < -0.4 is 0 Å². The second kappa shape index (κ2) is 9.85. The van der Waals surface area contributed by atoms with Crippen molar-refractivity contribution in [1.29, 1.82) is 0 Å². The predicted octanol–water partition coefficient (Wildman–Crippen LogP) is 3.38. The molecule has 104 valence electrons. The Morgan fingerprint density at radius 3 is 2.00 bits per heavy atom. The van der Waals surface area contributed by atoms with Crippen LogP contribution in [-0.2, 0) is 14.9 Å². The van der Waals surface area contributed by atoms with Gasteiger partial charge in [0.25, 0.3) is 10.1 Å². The maximum atomic E-state index is 10.8. The zero-order chi connectivity index (χ0) is 13.1. The average molecular weight is 266 g/mol. The van der Waals surface area contributed by atoms with Crippen LogP contribution >= 0.6 is 0 Å². The van der Waals surface area contributed by atoms with E-state index in [0.717, 1.165) is 12.8 Å². The lowest BCUT2D eigenvalue weighted by Crippen LogP contribution is -2.23. The smallest absolute Gasteiger partial charge is 0.292 e. The van der Waals surface area contributed by atoms with Crippen molar-refractivity contribution in [2.75, 3.05) is 6.61 Å². The Hall–Kier alpha value is -0.130. The molecule has 1 atom stereocenters. The highest BCUT2D eigenvalue weighted by Crippen LogP contribution is 2.10. The van der Waals surface area contributed by atoms with Crippen molar-refractivity contribution in [2.45, 2.75) is 70.7 Å². The van der Waals surface area contributed by atoms with E-state index in [-0.39, 0.29) is 6.42 Å². The summed E-state index contributed by atoms with van der Waals surface area (Å²) in [7, 11) is -4.04. The fourth-order valence-corrected chi connectivity index (χ4v) is 2.38. The summed E-state index contributed by atoms with van der Waals surface area (Å²) in [6.45, 7) is 4.28. The maximum absolute atomic E-state index is 10.8. The van der Waals surface area contributed by atoms with Crippen LogP contribution in [0.2, 0.25) is 0 Å². The lowest BCUT2D eigenvalue weighted by molar-refractivity contribution is 0.0930. The van der Waals surface area contributed by atoms with Crippen LogP contribution in [0.5, 0.6) is 0 Å². The first-order chi connectivity index (χ1) is 8.02. The van der Waals surface area contributed by atoms with E-state index >= 15 is 0 Å². The lowest BCUT2D eigenvalue weighted by atomic mass is 10.1. The SMILES string of the molecule is CCCCCCCCCOC(CC)S(=O)(=O)O. The second-order valence-corrected chi connectivity index (χ2v) is 5.90. The highest BCUT2D eigenvalue weighted by molar-refractivity contribution is 7.86. The first-order valence-electron chi connectivity index (χ1n) is 6.60. The molecule has 0 aromatic carbocycles. The Kier molecular flexibility index (Phi) is 9.78. The van der Waals surface area contributed by atoms with Gasteiger partial charge in [0.05, 0.1) is 0 Å². The fraction of sp³-hybridized carbons (Fsp3) is 1.00. The van der Waals surface area contributed by atoms with Gasteiger partial charge in [-0.3, -0.25) is 4.55 Å². The summed E-state index contributed by atoms with van der Waals surface area (Å²) in [5, 5.41) is 0. The molecule has 0 aromatic heterocycles. The van der Waals surface area contributed by atoms with Crippen molar-refractivity contribution in [3.05, 3.63) is 0 Å². The third kappa shape index (κ3) is 9.56. The van der Waals surface area contributed by atoms with Gasteiger partial charge in [-0.2, -0.15) is 8.42 Å². The van der Waals surface area contributed by atoms with Crippen LogP contribution in [0.15, 0.2) is 0 Å². The molecule has 0 aliphatic heterocycles. The number of ether oxygens (including phenoxy) is 1. The van der Waals surface area contributed by atoms with Crippen LogP contribution in [0.3, 0.4) is 0 Å². The number of hydrogen-bond acceptors (Lipinski definition) is 3. The lowest BCUT2D eigenvalue weighted by Gasteiger charge is -2.12. The molecule has 0 fully saturated rings. The Morgan fingerprint density at radius 1 is 1.00 bits per heavy atom. The largest absolute Gasteiger partial charge is 0.360 e. The van der Waals surface area contributed by atoms with E-state index in [2.05, 4.69) is 6.92 Å². The van der Waals surface area contributed by atoms with Crippen molar-refractivity contribution in [2.24, 2.45) is 0 Å². The molecule has 0 radical (unpaired) electrons. The van der Waals surface area contributed by atoms with Crippen LogP contribution in [0.1, 0.15) is 65.2 Å². The molecule has 4 nitrogen and oxygen atoms in total. The number of rotatable bonds is 11. The molecule has 1 unspecified atom stereocenters. The molecule has 0 saturated carbocycles. The molecular weight excluding hydrogens is 240 g/mol. The molecule has 0 saturated heterocycles. The minimum Gasteiger partial charge on any atom is -0.360 e. The maximum Gasteiger partial charge on any atom is 0.292 e. The van der Waals surface area contributed by atoms with Crippen LogP contribution in [0, 0.1) is 0 Å². The van der Waals surface area contributed by atoms with E-state index in [0.29, 0.717) is 6.61 Å². The molecule has 1 N–H and O–H groups in total. The second-order valence-electron chi connectivity index (χ2n) is 4.34. The summed E-state index contributed by atoms with van der Waals surface area (Å²) in [5.74, 6) is 0. The summed E-state index contributed by atoms with van der Waals surface area (Å²) in [6.07, 6.45) is 8.43. The molecule has 0 bridgehead atoms. The van der Waals surface area contributed by atoms with Gasteiger partial charge in [0.15, 0.2) is 5.44 Å². The third-order valence-corrected chi connectivity index (χ3v) is 3.85. The van der Waals surface area contributed by atoms with Crippen molar-refractivity contribution >= 4 is 10.1 Å². The quantitative estimate of drug-likeness (QED) is 0.460. The van der Waals surface area contributed by atoms with E-state index in [1.165, 1.54) is 32.1 Å². The predicted molar refractivity (Wildman–Crippen MR) is 69.6 cm³/mol.